The van der Waals surface area contributed by atoms with E-state index in [9.17, 15) is 8.78 Å². The van der Waals surface area contributed by atoms with Crippen molar-refractivity contribution in [2.24, 2.45) is 11.7 Å². The summed E-state index contributed by atoms with van der Waals surface area (Å²) in [4.78, 5) is 4.01. The molecule has 1 fully saturated rings. The molecule has 3 rings (SSSR count). The van der Waals surface area contributed by atoms with E-state index in [1.165, 1.54) is 10.9 Å². The molecule has 6 heteroatoms. The normalized spacial score (nSPS) is 20.2. The molecule has 1 aromatic heterocycles. The van der Waals surface area contributed by atoms with Gasteiger partial charge in [0.25, 0.3) is 0 Å². The van der Waals surface area contributed by atoms with E-state index in [-0.39, 0.29) is 17.6 Å². The van der Waals surface area contributed by atoms with Crippen LogP contribution in [-0.4, -0.2) is 22.8 Å². The molecular formula is C14H15F2N3O. The molecule has 1 aromatic carbocycles. The first kappa shape index (κ1) is 13.2. The minimum atomic E-state index is -0.513. The van der Waals surface area contributed by atoms with Gasteiger partial charge < -0.3 is 10.5 Å². The Bertz CT molecular complexity index is 608. The van der Waals surface area contributed by atoms with Gasteiger partial charge in [-0.25, -0.2) is 13.8 Å². The minimum Gasteiger partial charge on any atom is -0.381 e. The summed E-state index contributed by atoms with van der Waals surface area (Å²) >= 11 is 0. The Balaban J connectivity index is 1.99. The van der Waals surface area contributed by atoms with Crippen LogP contribution < -0.4 is 5.73 Å². The summed E-state index contributed by atoms with van der Waals surface area (Å²) in [6.45, 7) is 1.26. The van der Waals surface area contributed by atoms with Crippen molar-refractivity contribution in [3.8, 4) is 5.69 Å². The van der Waals surface area contributed by atoms with Gasteiger partial charge in [-0.3, -0.25) is 4.57 Å². The average molecular weight is 279 g/mol. The maximum absolute atomic E-state index is 13.9. The van der Waals surface area contributed by atoms with Crippen LogP contribution in [0.3, 0.4) is 0 Å². The summed E-state index contributed by atoms with van der Waals surface area (Å²) in [6.07, 6.45) is 3.90. The molecule has 0 amide bonds. The molecule has 1 aliphatic heterocycles. The van der Waals surface area contributed by atoms with Crippen molar-refractivity contribution in [1.82, 2.24) is 9.55 Å². The molecule has 2 atom stereocenters. The smallest absolute Gasteiger partial charge is 0.147 e. The topological polar surface area (TPSA) is 53.1 Å². The van der Waals surface area contributed by atoms with E-state index in [0.717, 1.165) is 24.6 Å². The van der Waals surface area contributed by atoms with Crippen LogP contribution in [-0.2, 0) is 4.74 Å². The molecule has 0 bridgehead atoms. The number of benzene rings is 1. The Kier molecular flexibility index (Phi) is 3.50. The van der Waals surface area contributed by atoms with Crippen LogP contribution >= 0.6 is 0 Å². The first-order chi connectivity index (χ1) is 9.66. The SMILES string of the molecule is NC(c1cncn1-c1cc(F)ccc1F)C1CCOC1. The highest BCUT2D eigenvalue weighted by molar-refractivity contribution is 5.36. The standard InChI is InChI=1S/C14H15F2N3O/c15-10-1-2-11(16)12(5-10)19-8-18-6-13(19)14(17)9-3-4-20-7-9/h1-2,5-6,8-9,14H,3-4,7,17H2. The zero-order chi connectivity index (χ0) is 14.1. The lowest BCUT2D eigenvalue weighted by atomic mass is 9.97. The lowest BCUT2D eigenvalue weighted by Crippen LogP contribution is -2.24. The highest BCUT2D eigenvalue weighted by atomic mass is 19.1. The Morgan fingerprint density at radius 2 is 2.25 bits per heavy atom. The number of hydrogen-bond donors (Lipinski definition) is 1. The van der Waals surface area contributed by atoms with E-state index < -0.39 is 11.6 Å². The minimum absolute atomic E-state index is 0.117. The molecule has 1 saturated heterocycles. The average Bonchev–Trinajstić information content (AvgIpc) is 3.11. The molecule has 106 valence electrons. The van der Waals surface area contributed by atoms with Gasteiger partial charge in [0.05, 0.1) is 36.6 Å². The molecule has 0 saturated carbocycles. The maximum atomic E-state index is 13.9. The lowest BCUT2D eigenvalue weighted by molar-refractivity contribution is 0.180. The van der Waals surface area contributed by atoms with E-state index in [0.29, 0.717) is 18.9 Å². The molecule has 1 aliphatic rings. The van der Waals surface area contributed by atoms with Gasteiger partial charge in [-0.2, -0.15) is 0 Å². The fourth-order valence-corrected chi connectivity index (χ4v) is 2.50. The molecule has 20 heavy (non-hydrogen) atoms. The monoisotopic (exact) mass is 279 g/mol. The van der Waals surface area contributed by atoms with Crippen LogP contribution in [0.25, 0.3) is 5.69 Å². The number of nitrogens with two attached hydrogens (primary N) is 1. The van der Waals surface area contributed by atoms with Gasteiger partial charge in [-0.05, 0) is 18.6 Å². The molecule has 2 heterocycles. The van der Waals surface area contributed by atoms with Crippen LogP contribution in [0.15, 0.2) is 30.7 Å². The van der Waals surface area contributed by atoms with E-state index in [4.69, 9.17) is 10.5 Å². The van der Waals surface area contributed by atoms with Crippen LogP contribution in [0.4, 0.5) is 8.78 Å². The summed E-state index contributed by atoms with van der Waals surface area (Å²) in [5.41, 5.74) is 6.99. The van der Waals surface area contributed by atoms with Crippen molar-refractivity contribution in [3.63, 3.8) is 0 Å². The molecule has 0 radical (unpaired) electrons. The second-order valence-corrected chi connectivity index (χ2v) is 4.93. The Morgan fingerprint density at radius 1 is 1.40 bits per heavy atom. The largest absolute Gasteiger partial charge is 0.381 e. The fraction of sp³-hybridized carbons (Fsp3) is 0.357. The number of nitrogens with zero attached hydrogens (tertiary/aromatic N) is 2. The first-order valence-electron chi connectivity index (χ1n) is 6.48. The Labute approximate surface area is 115 Å². The third kappa shape index (κ3) is 2.32. The van der Waals surface area contributed by atoms with Crippen LogP contribution in [0, 0.1) is 17.6 Å². The third-order valence-electron chi connectivity index (χ3n) is 3.65. The van der Waals surface area contributed by atoms with Crippen molar-refractivity contribution in [2.75, 3.05) is 13.2 Å². The van der Waals surface area contributed by atoms with E-state index in [2.05, 4.69) is 4.98 Å². The summed E-state index contributed by atoms with van der Waals surface area (Å²) in [5, 5.41) is 0. The van der Waals surface area contributed by atoms with Gasteiger partial charge in [-0.1, -0.05) is 0 Å². The Hall–Kier alpha value is -1.79. The van der Waals surface area contributed by atoms with Gasteiger partial charge in [0.15, 0.2) is 0 Å². The molecule has 2 N–H and O–H groups in total. The fourth-order valence-electron chi connectivity index (χ4n) is 2.50. The maximum Gasteiger partial charge on any atom is 0.147 e. The van der Waals surface area contributed by atoms with Crippen LogP contribution in [0.1, 0.15) is 18.2 Å². The highest BCUT2D eigenvalue weighted by Gasteiger charge is 2.27. The van der Waals surface area contributed by atoms with Gasteiger partial charge >= 0.3 is 0 Å². The van der Waals surface area contributed by atoms with Gasteiger partial charge in [-0.15, -0.1) is 0 Å². The highest BCUT2D eigenvalue weighted by Crippen LogP contribution is 2.28. The predicted octanol–water partition coefficient (Wildman–Crippen LogP) is 2.19. The quantitative estimate of drug-likeness (QED) is 0.937. The number of hydrogen-bond acceptors (Lipinski definition) is 3. The number of halogens is 2. The Morgan fingerprint density at radius 3 is 3.00 bits per heavy atom. The summed E-state index contributed by atoms with van der Waals surface area (Å²) in [6, 6.07) is 3.00. The first-order valence-corrected chi connectivity index (χ1v) is 6.48. The van der Waals surface area contributed by atoms with E-state index in [1.54, 1.807) is 6.20 Å². The zero-order valence-corrected chi connectivity index (χ0v) is 10.8. The van der Waals surface area contributed by atoms with Crippen molar-refractivity contribution < 1.29 is 13.5 Å². The molecule has 0 aliphatic carbocycles. The third-order valence-corrected chi connectivity index (χ3v) is 3.65. The van der Waals surface area contributed by atoms with Gasteiger partial charge in [0.1, 0.15) is 11.6 Å². The predicted molar refractivity (Wildman–Crippen MR) is 69.3 cm³/mol. The second kappa shape index (κ2) is 5.30. The lowest BCUT2D eigenvalue weighted by Gasteiger charge is -2.19. The van der Waals surface area contributed by atoms with Crippen molar-refractivity contribution >= 4 is 0 Å². The number of rotatable bonds is 3. The van der Waals surface area contributed by atoms with Crippen LogP contribution in [0.2, 0.25) is 0 Å². The number of aromatic nitrogens is 2. The van der Waals surface area contributed by atoms with Gasteiger partial charge in [0, 0.05) is 18.6 Å². The van der Waals surface area contributed by atoms with Gasteiger partial charge in [0.2, 0.25) is 0 Å². The van der Waals surface area contributed by atoms with E-state index in [1.807, 2.05) is 0 Å². The second-order valence-electron chi connectivity index (χ2n) is 4.93. The molecular weight excluding hydrogens is 264 g/mol. The number of ether oxygens (including phenoxy) is 1. The molecule has 0 spiro atoms. The van der Waals surface area contributed by atoms with Crippen molar-refractivity contribution in [2.45, 2.75) is 12.5 Å². The summed E-state index contributed by atoms with van der Waals surface area (Å²) in [7, 11) is 0. The zero-order valence-electron chi connectivity index (χ0n) is 10.8. The van der Waals surface area contributed by atoms with Crippen molar-refractivity contribution in [3.05, 3.63) is 48.1 Å². The van der Waals surface area contributed by atoms with Crippen LogP contribution in [0.5, 0.6) is 0 Å². The summed E-state index contributed by atoms with van der Waals surface area (Å²) < 4.78 is 34.0. The molecule has 2 unspecified atom stereocenters. The molecule has 4 nitrogen and oxygen atoms in total. The summed E-state index contributed by atoms with van der Waals surface area (Å²) in [5.74, 6) is -0.846. The molecule has 2 aromatic rings. The van der Waals surface area contributed by atoms with Crippen molar-refractivity contribution in [1.29, 1.82) is 0 Å². The number of imidazole rings is 1. The van der Waals surface area contributed by atoms with E-state index >= 15 is 0 Å².